The van der Waals surface area contributed by atoms with Crippen LogP contribution >= 0.6 is 11.7 Å². The maximum atomic E-state index is 12.5. The summed E-state index contributed by atoms with van der Waals surface area (Å²) in [6.07, 6.45) is 0. The zero-order valence-corrected chi connectivity index (χ0v) is 14.8. The number of nitrogens with zero attached hydrogens (tertiary/aromatic N) is 5. The molecule has 2 heterocycles. The quantitative estimate of drug-likeness (QED) is 0.788. The predicted molar refractivity (Wildman–Crippen MR) is 92.4 cm³/mol. The molecule has 124 valence electrons. The van der Waals surface area contributed by atoms with Crippen molar-refractivity contribution in [3.8, 4) is 0 Å². The van der Waals surface area contributed by atoms with E-state index in [1.54, 1.807) is 4.68 Å². The third-order valence-corrected chi connectivity index (χ3v) is 4.67. The van der Waals surface area contributed by atoms with E-state index in [0.717, 1.165) is 22.6 Å². The van der Waals surface area contributed by atoms with Gasteiger partial charge < -0.3 is 5.32 Å². The molecule has 0 aliphatic carbocycles. The van der Waals surface area contributed by atoms with Gasteiger partial charge in [-0.2, -0.15) is 8.75 Å². The highest BCUT2D eigenvalue weighted by Crippen LogP contribution is 2.16. The lowest BCUT2D eigenvalue weighted by molar-refractivity contribution is 0.102. The molecule has 0 unspecified atom stereocenters. The second kappa shape index (κ2) is 6.48. The first-order chi connectivity index (χ1) is 11.5. The van der Waals surface area contributed by atoms with Gasteiger partial charge in [-0.25, -0.2) is 4.68 Å². The molecule has 0 atom stereocenters. The Labute approximate surface area is 144 Å². The second-order valence-electron chi connectivity index (χ2n) is 5.73. The van der Waals surface area contributed by atoms with Crippen molar-refractivity contribution in [2.24, 2.45) is 0 Å². The van der Waals surface area contributed by atoms with Crippen molar-refractivity contribution in [1.29, 1.82) is 0 Å². The van der Waals surface area contributed by atoms with Crippen molar-refractivity contribution in [3.05, 3.63) is 52.1 Å². The van der Waals surface area contributed by atoms with E-state index in [0.29, 0.717) is 17.9 Å². The van der Waals surface area contributed by atoms with Crippen LogP contribution in [0.1, 0.15) is 38.7 Å². The van der Waals surface area contributed by atoms with E-state index in [-0.39, 0.29) is 5.91 Å². The molecule has 0 fully saturated rings. The number of carbonyl (C=O) groups is 1. The van der Waals surface area contributed by atoms with Gasteiger partial charge in [0.2, 0.25) is 0 Å². The number of hydrogen-bond donors (Lipinski definition) is 1. The minimum atomic E-state index is -0.268. The van der Waals surface area contributed by atoms with E-state index >= 15 is 0 Å². The molecule has 0 radical (unpaired) electrons. The third kappa shape index (κ3) is 3.18. The average molecular weight is 342 g/mol. The van der Waals surface area contributed by atoms with Crippen molar-refractivity contribution in [3.63, 3.8) is 0 Å². The topological polar surface area (TPSA) is 85.6 Å². The van der Waals surface area contributed by atoms with Gasteiger partial charge in [0.05, 0.1) is 35.4 Å². The molecule has 0 aliphatic heterocycles. The smallest absolute Gasteiger partial charge is 0.278 e. The molecule has 3 rings (SSSR count). The maximum Gasteiger partial charge on any atom is 0.278 e. The summed E-state index contributed by atoms with van der Waals surface area (Å²) in [4.78, 5) is 12.5. The van der Waals surface area contributed by atoms with Gasteiger partial charge in [-0.1, -0.05) is 11.3 Å². The number of nitrogens with one attached hydrogen (secondary N) is 1. The highest BCUT2D eigenvalue weighted by molar-refractivity contribution is 6.99. The van der Waals surface area contributed by atoms with Gasteiger partial charge >= 0.3 is 0 Å². The standard InChI is InChI=1S/C16H18N6OS/c1-9-5-6-13(7-10(9)2)17-16(23)15-12(4)22(21-18-15)8-14-11(3)19-24-20-14/h5-7H,8H2,1-4H3,(H,17,23). The number of aromatic nitrogens is 5. The molecule has 0 spiro atoms. The molecule has 2 aromatic heterocycles. The Kier molecular flexibility index (Phi) is 4.39. The van der Waals surface area contributed by atoms with E-state index in [2.05, 4.69) is 24.4 Å². The Morgan fingerprint density at radius 2 is 1.96 bits per heavy atom. The van der Waals surface area contributed by atoms with Crippen LogP contribution in [-0.2, 0) is 6.54 Å². The molecule has 0 saturated heterocycles. The molecule has 1 aromatic carbocycles. The van der Waals surface area contributed by atoms with Gasteiger partial charge in [-0.05, 0) is 51.0 Å². The number of benzene rings is 1. The van der Waals surface area contributed by atoms with Crippen LogP contribution in [0.2, 0.25) is 0 Å². The first kappa shape index (κ1) is 16.3. The number of anilines is 1. The minimum Gasteiger partial charge on any atom is -0.321 e. The molecule has 8 heteroatoms. The van der Waals surface area contributed by atoms with Gasteiger partial charge in [-0.3, -0.25) is 4.79 Å². The van der Waals surface area contributed by atoms with Gasteiger partial charge in [0.1, 0.15) is 0 Å². The Balaban J connectivity index is 1.78. The van der Waals surface area contributed by atoms with Crippen molar-refractivity contribution >= 4 is 23.3 Å². The molecule has 7 nitrogen and oxygen atoms in total. The number of carbonyl (C=O) groups excluding carboxylic acids is 1. The number of rotatable bonds is 4. The molecule has 24 heavy (non-hydrogen) atoms. The van der Waals surface area contributed by atoms with Crippen LogP contribution in [0.25, 0.3) is 0 Å². The predicted octanol–water partition coefficient (Wildman–Crippen LogP) is 2.66. The van der Waals surface area contributed by atoms with Crippen molar-refractivity contribution in [1.82, 2.24) is 23.7 Å². The third-order valence-electron chi connectivity index (χ3n) is 4.01. The van der Waals surface area contributed by atoms with Crippen LogP contribution in [0.5, 0.6) is 0 Å². The molecular formula is C16H18N6OS. The SMILES string of the molecule is Cc1ccc(NC(=O)c2nnn(Cc3nsnc3C)c2C)cc1C. The number of aryl methyl sites for hydroxylation is 3. The summed E-state index contributed by atoms with van der Waals surface area (Å²) in [7, 11) is 0. The maximum absolute atomic E-state index is 12.5. The summed E-state index contributed by atoms with van der Waals surface area (Å²) in [6.45, 7) is 8.23. The zero-order chi connectivity index (χ0) is 17.3. The largest absolute Gasteiger partial charge is 0.321 e. The molecule has 0 aliphatic rings. The molecule has 0 bridgehead atoms. The number of amides is 1. The van der Waals surface area contributed by atoms with E-state index in [1.165, 1.54) is 17.3 Å². The summed E-state index contributed by atoms with van der Waals surface area (Å²) < 4.78 is 10.0. The van der Waals surface area contributed by atoms with Crippen LogP contribution < -0.4 is 5.32 Å². The summed E-state index contributed by atoms with van der Waals surface area (Å²) in [5.74, 6) is -0.268. The lowest BCUT2D eigenvalue weighted by atomic mass is 10.1. The Morgan fingerprint density at radius 1 is 1.17 bits per heavy atom. The normalized spacial score (nSPS) is 10.8. The van der Waals surface area contributed by atoms with Crippen molar-refractivity contribution < 1.29 is 4.79 Å². The van der Waals surface area contributed by atoms with E-state index in [4.69, 9.17) is 0 Å². The summed E-state index contributed by atoms with van der Waals surface area (Å²) >= 11 is 1.17. The van der Waals surface area contributed by atoms with E-state index in [1.807, 2.05) is 45.9 Å². The highest BCUT2D eigenvalue weighted by Gasteiger charge is 2.18. The summed E-state index contributed by atoms with van der Waals surface area (Å²) in [6, 6.07) is 5.80. The fourth-order valence-electron chi connectivity index (χ4n) is 2.26. The van der Waals surface area contributed by atoms with Crippen LogP contribution in [0, 0.1) is 27.7 Å². The summed E-state index contributed by atoms with van der Waals surface area (Å²) in [5, 5.41) is 11.0. The van der Waals surface area contributed by atoms with Gasteiger partial charge in [0, 0.05) is 5.69 Å². The van der Waals surface area contributed by atoms with Crippen LogP contribution in [0.15, 0.2) is 18.2 Å². The monoisotopic (exact) mass is 342 g/mol. The van der Waals surface area contributed by atoms with Crippen LogP contribution in [0.4, 0.5) is 5.69 Å². The summed E-state index contributed by atoms with van der Waals surface area (Å²) in [5.41, 5.74) is 5.78. The molecule has 0 saturated carbocycles. The first-order valence-electron chi connectivity index (χ1n) is 7.52. The fraction of sp³-hybridized carbons (Fsp3) is 0.312. The second-order valence-corrected chi connectivity index (χ2v) is 6.26. The molecule has 1 amide bonds. The lowest BCUT2D eigenvalue weighted by Gasteiger charge is -2.07. The van der Waals surface area contributed by atoms with Gasteiger partial charge in [0.15, 0.2) is 5.69 Å². The van der Waals surface area contributed by atoms with Crippen molar-refractivity contribution in [2.75, 3.05) is 5.32 Å². The van der Waals surface area contributed by atoms with Gasteiger partial charge in [-0.15, -0.1) is 5.10 Å². The Morgan fingerprint density at radius 3 is 2.62 bits per heavy atom. The van der Waals surface area contributed by atoms with E-state index < -0.39 is 0 Å². The first-order valence-corrected chi connectivity index (χ1v) is 8.25. The van der Waals surface area contributed by atoms with Crippen LogP contribution in [-0.4, -0.2) is 29.6 Å². The van der Waals surface area contributed by atoms with Crippen LogP contribution in [0.3, 0.4) is 0 Å². The fourth-order valence-corrected chi connectivity index (χ4v) is 2.82. The Bertz CT molecular complexity index is 898. The highest BCUT2D eigenvalue weighted by atomic mass is 32.1. The van der Waals surface area contributed by atoms with Crippen molar-refractivity contribution in [2.45, 2.75) is 34.2 Å². The zero-order valence-electron chi connectivity index (χ0n) is 14.0. The molecular weight excluding hydrogens is 324 g/mol. The lowest BCUT2D eigenvalue weighted by Crippen LogP contribution is -2.14. The molecule has 3 aromatic rings. The minimum absolute atomic E-state index is 0.268. The average Bonchev–Trinajstić information content (AvgIpc) is 3.10. The van der Waals surface area contributed by atoms with E-state index in [9.17, 15) is 4.79 Å². The number of hydrogen-bond acceptors (Lipinski definition) is 6. The Hall–Kier alpha value is -2.61. The molecule has 1 N–H and O–H groups in total. The van der Waals surface area contributed by atoms with Gasteiger partial charge in [0.25, 0.3) is 5.91 Å².